The molecule has 0 aromatic heterocycles. The van der Waals surface area contributed by atoms with Gasteiger partial charge in [0.1, 0.15) is 0 Å². The van der Waals surface area contributed by atoms with E-state index in [-0.39, 0.29) is 17.5 Å². The summed E-state index contributed by atoms with van der Waals surface area (Å²) >= 11 is 0. The van der Waals surface area contributed by atoms with Crippen molar-refractivity contribution in [1.82, 2.24) is 0 Å². The summed E-state index contributed by atoms with van der Waals surface area (Å²) in [6, 6.07) is 7.01. The lowest BCUT2D eigenvalue weighted by Gasteiger charge is -2.01. The molecular formula is C14H14O2. The molecule has 1 aliphatic carbocycles. The van der Waals surface area contributed by atoms with E-state index in [1.165, 1.54) is 0 Å². The number of rotatable bonds is 2. The first kappa shape index (κ1) is 10.8. The average Bonchev–Trinajstić information content (AvgIpc) is 2.55. The van der Waals surface area contributed by atoms with Gasteiger partial charge in [0.2, 0.25) is 0 Å². The molecule has 0 fully saturated rings. The zero-order chi connectivity index (χ0) is 11.7. The fraction of sp³-hybridized carbons (Fsp3) is 0.286. The van der Waals surface area contributed by atoms with Crippen LogP contribution in [-0.2, 0) is 0 Å². The maximum Gasteiger partial charge on any atom is 0.197 e. The molecule has 0 saturated carbocycles. The summed E-state index contributed by atoms with van der Waals surface area (Å²) in [5.41, 5.74) is 1.43. The second-order valence-electron chi connectivity index (χ2n) is 4.17. The van der Waals surface area contributed by atoms with Gasteiger partial charge in [-0.25, -0.2) is 0 Å². The highest BCUT2D eigenvalue weighted by molar-refractivity contribution is 6.39. The highest BCUT2D eigenvalue weighted by Crippen LogP contribution is 2.27. The standard InChI is InChI=1S/C14H14O2/c1-3-9(2)8-12-13(15)10-6-4-5-7-11(10)14(12)16/h4-9H,3H2,1-2H3. The maximum absolute atomic E-state index is 12.0. The lowest BCUT2D eigenvalue weighted by atomic mass is 10.0. The number of carbonyl (C=O) groups is 2. The second-order valence-corrected chi connectivity index (χ2v) is 4.17. The highest BCUT2D eigenvalue weighted by atomic mass is 16.2. The quantitative estimate of drug-likeness (QED) is 0.560. The third-order valence-corrected chi connectivity index (χ3v) is 3.00. The normalized spacial score (nSPS) is 16.2. The van der Waals surface area contributed by atoms with Gasteiger partial charge in [-0.1, -0.05) is 50.6 Å². The van der Waals surface area contributed by atoms with Crippen LogP contribution in [0.25, 0.3) is 0 Å². The van der Waals surface area contributed by atoms with Crippen molar-refractivity contribution in [3.05, 3.63) is 47.0 Å². The van der Waals surface area contributed by atoms with Gasteiger partial charge in [-0.3, -0.25) is 9.59 Å². The van der Waals surface area contributed by atoms with E-state index in [2.05, 4.69) is 0 Å². The Morgan fingerprint density at radius 3 is 2.06 bits per heavy atom. The van der Waals surface area contributed by atoms with Crippen LogP contribution in [0.1, 0.15) is 41.0 Å². The van der Waals surface area contributed by atoms with Crippen molar-refractivity contribution < 1.29 is 9.59 Å². The molecule has 1 atom stereocenters. The van der Waals surface area contributed by atoms with Gasteiger partial charge in [0.15, 0.2) is 11.6 Å². The Bertz CT molecular complexity index is 446. The summed E-state index contributed by atoms with van der Waals surface area (Å²) in [6.45, 7) is 4.05. The number of Topliss-reactive ketones (excluding diaryl/α,β-unsaturated/α-hetero) is 2. The van der Waals surface area contributed by atoms with Crippen molar-refractivity contribution in [2.75, 3.05) is 0 Å². The molecule has 1 aliphatic rings. The SMILES string of the molecule is CCC(C)C=C1C(=O)c2ccccc2C1=O. The molecule has 1 unspecified atom stereocenters. The number of carbonyl (C=O) groups excluding carboxylic acids is 2. The summed E-state index contributed by atoms with van der Waals surface area (Å²) in [6.07, 6.45) is 2.73. The molecule has 2 heteroatoms. The predicted molar refractivity (Wildman–Crippen MR) is 62.6 cm³/mol. The van der Waals surface area contributed by atoms with Gasteiger partial charge in [0.05, 0.1) is 5.57 Å². The number of hydrogen-bond donors (Lipinski definition) is 0. The lowest BCUT2D eigenvalue weighted by molar-refractivity contribution is 0.0987. The second kappa shape index (κ2) is 4.05. The highest BCUT2D eigenvalue weighted by Gasteiger charge is 2.32. The molecule has 82 valence electrons. The summed E-state index contributed by atoms with van der Waals surface area (Å²) in [5.74, 6) is 0.0130. The molecular weight excluding hydrogens is 200 g/mol. The van der Waals surface area contributed by atoms with E-state index in [9.17, 15) is 9.59 Å². The third kappa shape index (κ3) is 1.60. The van der Waals surface area contributed by atoms with Crippen molar-refractivity contribution >= 4 is 11.6 Å². The number of allylic oxidation sites excluding steroid dienone is 2. The van der Waals surface area contributed by atoms with Crippen molar-refractivity contribution in [3.63, 3.8) is 0 Å². The van der Waals surface area contributed by atoms with Crippen molar-refractivity contribution in [2.45, 2.75) is 20.3 Å². The Kier molecular flexibility index (Phi) is 2.73. The molecule has 0 radical (unpaired) electrons. The van der Waals surface area contributed by atoms with E-state index in [1.54, 1.807) is 30.3 Å². The zero-order valence-electron chi connectivity index (χ0n) is 9.49. The molecule has 16 heavy (non-hydrogen) atoms. The summed E-state index contributed by atoms with van der Waals surface area (Å²) < 4.78 is 0. The van der Waals surface area contributed by atoms with Gasteiger partial charge in [-0.15, -0.1) is 0 Å². The Balaban J connectivity index is 2.47. The van der Waals surface area contributed by atoms with Crippen molar-refractivity contribution in [2.24, 2.45) is 5.92 Å². The molecule has 0 N–H and O–H groups in total. The smallest absolute Gasteiger partial charge is 0.197 e. The van der Waals surface area contributed by atoms with E-state index in [4.69, 9.17) is 0 Å². The van der Waals surface area contributed by atoms with Crippen LogP contribution in [0.5, 0.6) is 0 Å². The molecule has 0 spiro atoms. The Morgan fingerprint density at radius 1 is 1.12 bits per heavy atom. The molecule has 1 aromatic rings. The molecule has 0 amide bonds. The van der Waals surface area contributed by atoms with E-state index in [0.29, 0.717) is 16.7 Å². The van der Waals surface area contributed by atoms with Crippen LogP contribution in [0.2, 0.25) is 0 Å². The number of ketones is 2. The van der Waals surface area contributed by atoms with E-state index in [1.807, 2.05) is 13.8 Å². The third-order valence-electron chi connectivity index (χ3n) is 3.00. The van der Waals surface area contributed by atoms with Crippen LogP contribution in [0.3, 0.4) is 0 Å². The maximum atomic E-state index is 12.0. The zero-order valence-corrected chi connectivity index (χ0v) is 9.49. The predicted octanol–water partition coefficient (Wildman–Crippen LogP) is 3.04. The average molecular weight is 214 g/mol. The first-order chi connectivity index (χ1) is 7.65. The minimum Gasteiger partial charge on any atom is -0.288 e. The Morgan fingerprint density at radius 2 is 1.62 bits per heavy atom. The molecule has 2 rings (SSSR count). The van der Waals surface area contributed by atoms with Gasteiger partial charge in [-0.2, -0.15) is 0 Å². The molecule has 2 nitrogen and oxygen atoms in total. The summed E-state index contributed by atoms with van der Waals surface area (Å²) in [5, 5.41) is 0. The fourth-order valence-electron chi connectivity index (χ4n) is 1.83. The first-order valence-electron chi connectivity index (χ1n) is 5.55. The van der Waals surface area contributed by atoms with Crippen LogP contribution in [0.15, 0.2) is 35.9 Å². The van der Waals surface area contributed by atoms with Gasteiger partial charge in [0, 0.05) is 11.1 Å². The van der Waals surface area contributed by atoms with Crippen LogP contribution in [0, 0.1) is 5.92 Å². The largest absolute Gasteiger partial charge is 0.288 e. The van der Waals surface area contributed by atoms with Crippen LogP contribution < -0.4 is 0 Å². The van der Waals surface area contributed by atoms with Gasteiger partial charge in [0.25, 0.3) is 0 Å². The van der Waals surface area contributed by atoms with E-state index in [0.717, 1.165) is 6.42 Å². The van der Waals surface area contributed by atoms with E-state index < -0.39 is 0 Å². The fourth-order valence-corrected chi connectivity index (χ4v) is 1.83. The number of hydrogen-bond acceptors (Lipinski definition) is 2. The lowest BCUT2D eigenvalue weighted by Crippen LogP contribution is -2.03. The van der Waals surface area contributed by atoms with Crippen LogP contribution in [-0.4, -0.2) is 11.6 Å². The van der Waals surface area contributed by atoms with Crippen molar-refractivity contribution in [1.29, 1.82) is 0 Å². The van der Waals surface area contributed by atoms with Gasteiger partial charge < -0.3 is 0 Å². The molecule has 0 saturated heterocycles. The summed E-state index contributed by atoms with van der Waals surface area (Å²) in [7, 11) is 0. The van der Waals surface area contributed by atoms with Crippen LogP contribution in [0.4, 0.5) is 0 Å². The first-order valence-corrected chi connectivity index (χ1v) is 5.55. The summed E-state index contributed by atoms with van der Waals surface area (Å²) in [4.78, 5) is 23.9. The monoisotopic (exact) mass is 214 g/mol. The number of fused-ring (bicyclic) bond motifs is 1. The topological polar surface area (TPSA) is 34.1 Å². The van der Waals surface area contributed by atoms with Gasteiger partial charge in [-0.05, 0) is 5.92 Å². The van der Waals surface area contributed by atoms with E-state index >= 15 is 0 Å². The molecule has 1 aromatic carbocycles. The van der Waals surface area contributed by atoms with Crippen LogP contribution >= 0.6 is 0 Å². The Labute approximate surface area is 95.0 Å². The number of benzene rings is 1. The Hall–Kier alpha value is -1.70. The van der Waals surface area contributed by atoms with Gasteiger partial charge >= 0.3 is 0 Å². The molecule has 0 aliphatic heterocycles. The molecule has 0 heterocycles. The van der Waals surface area contributed by atoms with Crippen molar-refractivity contribution in [3.8, 4) is 0 Å². The molecule has 0 bridgehead atoms. The minimum atomic E-state index is -0.124. The minimum absolute atomic E-state index is 0.124.